The van der Waals surface area contributed by atoms with Crippen LogP contribution in [-0.4, -0.2) is 39.6 Å². The number of pyridine rings is 1. The minimum Gasteiger partial charge on any atom is -0.353 e. The van der Waals surface area contributed by atoms with Gasteiger partial charge in [-0.25, -0.2) is 9.97 Å². The number of carbonyl (C=O) groups is 1. The molecule has 0 spiro atoms. The van der Waals surface area contributed by atoms with Crippen molar-refractivity contribution in [2.45, 2.75) is 77.3 Å². The first-order chi connectivity index (χ1) is 14.7. The summed E-state index contributed by atoms with van der Waals surface area (Å²) in [6, 6.07) is 4.03. The number of fused-ring (bicyclic) bond motifs is 1. The van der Waals surface area contributed by atoms with Crippen molar-refractivity contribution in [3.8, 4) is 0 Å². The summed E-state index contributed by atoms with van der Waals surface area (Å²) in [5.41, 5.74) is 1.21. The maximum absolute atomic E-state index is 13.1. The zero-order valence-corrected chi connectivity index (χ0v) is 18.0. The summed E-state index contributed by atoms with van der Waals surface area (Å²) in [6.07, 6.45) is 11.9. The van der Waals surface area contributed by atoms with Gasteiger partial charge >= 0.3 is 0 Å². The Hall–Kier alpha value is -2.44. The first kappa shape index (κ1) is 20.8. The molecule has 162 valence electrons. The van der Waals surface area contributed by atoms with Crippen LogP contribution < -0.4 is 15.8 Å². The van der Waals surface area contributed by atoms with Crippen molar-refractivity contribution >= 4 is 22.9 Å². The van der Waals surface area contributed by atoms with Gasteiger partial charge in [0.15, 0.2) is 11.5 Å². The number of aromatic nitrogens is 3. The van der Waals surface area contributed by atoms with Crippen LogP contribution in [0.4, 0.5) is 5.82 Å². The van der Waals surface area contributed by atoms with E-state index < -0.39 is 0 Å². The van der Waals surface area contributed by atoms with E-state index in [0.717, 1.165) is 37.7 Å². The second-order valence-electron chi connectivity index (χ2n) is 8.67. The number of nitrogens with one attached hydrogen (secondary N) is 1. The summed E-state index contributed by atoms with van der Waals surface area (Å²) in [4.78, 5) is 37.1. The first-order valence-electron chi connectivity index (χ1n) is 11.6. The summed E-state index contributed by atoms with van der Waals surface area (Å²) in [7, 11) is 0. The minimum atomic E-state index is -0.121. The number of hydrogen-bond acceptors (Lipinski definition) is 5. The molecule has 3 heterocycles. The summed E-state index contributed by atoms with van der Waals surface area (Å²) in [6.45, 7) is 3.79. The molecule has 2 aliphatic rings. The summed E-state index contributed by atoms with van der Waals surface area (Å²) < 4.78 is 1.68. The molecule has 2 aromatic heterocycles. The molecule has 0 unspecified atom stereocenters. The molecule has 4 rings (SSSR count). The van der Waals surface area contributed by atoms with Crippen LogP contribution in [0.25, 0.3) is 11.2 Å². The normalized spacial score (nSPS) is 21.2. The number of rotatable bonds is 4. The molecule has 0 aromatic carbocycles. The average Bonchev–Trinajstić information content (AvgIpc) is 2.75. The molecule has 0 radical (unpaired) electrons. The fourth-order valence-electron chi connectivity index (χ4n) is 4.86. The van der Waals surface area contributed by atoms with E-state index in [9.17, 15) is 9.59 Å². The molecule has 1 aliphatic heterocycles. The predicted octanol–water partition coefficient (Wildman–Crippen LogP) is 3.26. The van der Waals surface area contributed by atoms with Gasteiger partial charge in [0.25, 0.3) is 5.56 Å². The van der Waals surface area contributed by atoms with Crippen molar-refractivity contribution in [2.75, 3.05) is 18.0 Å². The highest BCUT2D eigenvalue weighted by Gasteiger charge is 2.29. The third-order valence-corrected chi connectivity index (χ3v) is 6.54. The maximum atomic E-state index is 13.1. The van der Waals surface area contributed by atoms with Crippen LogP contribution >= 0.6 is 0 Å². The molecule has 0 bridgehead atoms. The number of piperidine rings is 1. The molecule has 1 saturated carbocycles. The van der Waals surface area contributed by atoms with Gasteiger partial charge in [0, 0.05) is 31.9 Å². The molecule has 1 amide bonds. The van der Waals surface area contributed by atoms with Crippen LogP contribution in [-0.2, 0) is 11.3 Å². The SMILES string of the molecule is CCn1c(=O)c(N2CCC[C@H](C(=O)NC3CCCCCCC3)C2)nc2cccnc21. The second-order valence-corrected chi connectivity index (χ2v) is 8.67. The van der Waals surface area contributed by atoms with Crippen LogP contribution in [0, 0.1) is 5.92 Å². The van der Waals surface area contributed by atoms with E-state index >= 15 is 0 Å². The van der Waals surface area contributed by atoms with Gasteiger partial charge in [-0.2, -0.15) is 0 Å². The van der Waals surface area contributed by atoms with E-state index in [1.165, 1.54) is 32.1 Å². The van der Waals surface area contributed by atoms with Crippen molar-refractivity contribution < 1.29 is 4.79 Å². The zero-order chi connectivity index (χ0) is 20.9. The molecule has 7 heteroatoms. The van der Waals surface area contributed by atoms with Gasteiger partial charge in [0.05, 0.1) is 5.92 Å². The molecule has 1 saturated heterocycles. The fourth-order valence-corrected chi connectivity index (χ4v) is 4.86. The molecule has 1 atom stereocenters. The van der Waals surface area contributed by atoms with Crippen LogP contribution in [0.5, 0.6) is 0 Å². The average molecular weight is 412 g/mol. The molecular formula is C23H33N5O2. The van der Waals surface area contributed by atoms with Gasteiger partial charge in [0.2, 0.25) is 5.91 Å². The van der Waals surface area contributed by atoms with Crippen LogP contribution in [0.2, 0.25) is 0 Å². The first-order valence-corrected chi connectivity index (χ1v) is 11.6. The van der Waals surface area contributed by atoms with E-state index in [0.29, 0.717) is 30.6 Å². The number of amides is 1. The lowest BCUT2D eigenvalue weighted by atomic mass is 9.94. The van der Waals surface area contributed by atoms with E-state index in [1.54, 1.807) is 10.8 Å². The maximum Gasteiger partial charge on any atom is 0.295 e. The van der Waals surface area contributed by atoms with Crippen molar-refractivity contribution in [2.24, 2.45) is 5.92 Å². The number of nitrogens with zero attached hydrogens (tertiary/aromatic N) is 4. The van der Waals surface area contributed by atoms with Crippen LogP contribution in [0.1, 0.15) is 64.7 Å². The van der Waals surface area contributed by atoms with Crippen molar-refractivity contribution in [3.05, 3.63) is 28.7 Å². The second kappa shape index (κ2) is 9.58. The van der Waals surface area contributed by atoms with Gasteiger partial charge in [-0.05, 0) is 44.7 Å². The van der Waals surface area contributed by atoms with Crippen LogP contribution in [0.3, 0.4) is 0 Å². The Labute approximate surface area is 177 Å². The number of aryl methyl sites for hydroxylation is 1. The van der Waals surface area contributed by atoms with Gasteiger partial charge in [-0.3, -0.25) is 14.2 Å². The summed E-state index contributed by atoms with van der Waals surface area (Å²) in [5, 5.41) is 3.32. The van der Waals surface area contributed by atoms with E-state index in [-0.39, 0.29) is 17.4 Å². The van der Waals surface area contributed by atoms with Crippen molar-refractivity contribution in [1.82, 2.24) is 19.9 Å². The predicted molar refractivity (Wildman–Crippen MR) is 119 cm³/mol. The highest BCUT2D eigenvalue weighted by Crippen LogP contribution is 2.23. The minimum absolute atomic E-state index is 0.0925. The Morgan fingerprint density at radius 2 is 1.90 bits per heavy atom. The number of anilines is 1. The van der Waals surface area contributed by atoms with E-state index in [1.807, 2.05) is 24.0 Å². The van der Waals surface area contributed by atoms with Crippen molar-refractivity contribution in [3.63, 3.8) is 0 Å². The quantitative estimate of drug-likeness (QED) is 0.835. The standard InChI is InChI=1S/C23H33N5O2/c1-2-28-20-19(13-8-14-24-20)26-21(23(28)30)27-15-9-10-17(16-27)22(29)25-18-11-6-4-3-5-7-12-18/h8,13-14,17-18H,2-7,9-12,15-16H2,1H3,(H,25,29)/t17-/m0/s1. The molecule has 1 N–H and O–H groups in total. The highest BCUT2D eigenvalue weighted by atomic mass is 16.2. The van der Waals surface area contributed by atoms with Crippen LogP contribution in [0.15, 0.2) is 23.1 Å². The van der Waals surface area contributed by atoms with E-state index in [4.69, 9.17) is 0 Å². The fraction of sp³-hybridized carbons (Fsp3) is 0.652. The third kappa shape index (κ3) is 4.50. The Bertz CT molecular complexity index is 933. The molecule has 2 aromatic rings. The Kier molecular flexibility index (Phi) is 6.65. The molecule has 2 fully saturated rings. The lowest BCUT2D eigenvalue weighted by molar-refractivity contribution is -0.126. The highest BCUT2D eigenvalue weighted by molar-refractivity contribution is 5.80. The Balaban J connectivity index is 1.50. The molecule has 30 heavy (non-hydrogen) atoms. The van der Waals surface area contributed by atoms with Gasteiger partial charge in [0.1, 0.15) is 5.52 Å². The van der Waals surface area contributed by atoms with Gasteiger partial charge < -0.3 is 10.2 Å². The summed E-state index contributed by atoms with van der Waals surface area (Å²) in [5.74, 6) is 0.495. The lowest BCUT2D eigenvalue weighted by Crippen LogP contribution is -2.47. The summed E-state index contributed by atoms with van der Waals surface area (Å²) >= 11 is 0. The Morgan fingerprint density at radius 1 is 1.13 bits per heavy atom. The van der Waals surface area contributed by atoms with Gasteiger partial charge in [-0.1, -0.05) is 32.1 Å². The Morgan fingerprint density at radius 3 is 2.67 bits per heavy atom. The van der Waals surface area contributed by atoms with Gasteiger partial charge in [-0.15, -0.1) is 0 Å². The number of carbonyl (C=O) groups excluding carboxylic acids is 1. The molecule has 7 nitrogen and oxygen atoms in total. The largest absolute Gasteiger partial charge is 0.353 e. The third-order valence-electron chi connectivity index (χ3n) is 6.54. The molecule has 1 aliphatic carbocycles. The smallest absolute Gasteiger partial charge is 0.295 e. The monoisotopic (exact) mass is 411 g/mol. The zero-order valence-electron chi connectivity index (χ0n) is 18.0. The number of hydrogen-bond donors (Lipinski definition) is 1. The topological polar surface area (TPSA) is 80.1 Å². The van der Waals surface area contributed by atoms with E-state index in [2.05, 4.69) is 15.3 Å². The lowest BCUT2D eigenvalue weighted by Gasteiger charge is -2.33. The molecular weight excluding hydrogens is 378 g/mol. The van der Waals surface area contributed by atoms with Crippen molar-refractivity contribution in [1.29, 1.82) is 0 Å².